The molecular weight excluding hydrogens is 148 g/mol. The number of nitrogens with one attached hydrogen (secondary N) is 1. The minimum atomic E-state index is 0.447. The highest BCUT2D eigenvalue weighted by molar-refractivity contribution is 4.83. The van der Waals surface area contributed by atoms with E-state index in [-0.39, 0.29) is 0 Å². The van der Waals surface area contributed by atoms with E-state index >= 15 is 0 Å². The second-order valence-electron chi connectivity index (χ2n) is 3.64. The van der Waals surface area contributed by atoms with E-state index in [1.54, 1.807) is 0 Å². The lowest BCUT2D eigenvalue weighted by molar-refractivity contribution is 0.387. The van der Waals surface area contributed by atoms with Gasteiger partial charge in [0.2, 0.25) is 0 Å². The molecule has 0 aromatic heterocycles. The Morgan fingerprint density at radius 2 is 2.08 bits per heavy atom. The number of hydrogen-bond donors (Lipinski definition) is 1. The van der Waals surface area contributed by atoms with E-state index < -0.39 is 0 Å². The summed E-state index contributed by atoms with van der Waals surface area (Å²) < 4.78 is 0. The molecule has 0 aliphatic heterocycles. The molecule has 1 aliphatic rings. The predicted octanol–water partition coefficient (Wildman–Crippen LogP) is 1.88. The molecule has 12 heavy (non-hydrogen) atoms. The van der Waals surface area contributed by atoms with Crippen LogP contribution < -0.4 is 10.6 Å². The van der Waals surface area contributed by atoms with Crippen LogP contribution in [-0.4, -0.2) is 18.8 Å². The van der Waals surface area contributed by atoms with Crippen LogP contribution in [0.25, 0.3) is 0 Å². The van der Waals surface area contributed by atoms with E-state index in [0.717, 1.165) is 6.54 Å². The van der Waals surface area contributed by atoms with Gasteiger partial charge < -0.3 is 5.32 Å². The molecule has 0 bridgehead atoms. The van der Waals surface area contributed by atoms with E-state index in [0.29, 0.717) is 12.2 Å². The fourth-order valence-corrected chi connectivity index (χ4v) is 1.29. The van der Waals surface area contributed by atoms with Crippen molar-refractivity contribution in [2.24, 2.45) is 0 Å². The van der Waals surface area contributed by atoms with Gasteiger partial charge in [-0.3, -0.25) is 0 Å². The first-order valence-corrected chi connectivity index (χ1v) is 5.30. The van der Waals surface area contributed by atoms with Crippen molar-refractivity contribution in [2.45, 2.75) is 58.2 Å². The van der Waals surface area contributed by atoms with E-state index in [9.17, 15) is 0 Å². The first-order valence-electron chi connectivity index (χ1n) is 5.30. The van der Waals surface area contributed by atoms with Crippen LogP contribution in [0, 0.1) is 0 Å². The molecule has 0 aromatic carbocycles. The minimum absolute atomic E-state index is 0.447. The van der Waals surface area contributed by atoms with Crippen LogP contribution in [0.4, 0.5) is 0 Å². The molecule has 0 heterocycles. The Morgan fingerprint density at radius 3 is 2.58 bits per heavy atom. The topological polar surface area (TPSA) is 26.1 Å². The average Bonchev–Trinajstić information content (AvgIpc) is 2.84. The van der Waals surface area contributed by atoms with Crippen LogP contribution in [0.5, 0.6) is 0 Å². The van der Waals surface area contributed by atoms with Crippen molar-refractivity contribution in [1.29, 1.82) is 0 Å². The lowest BCUT2D eigenvalue weighted by atomic mass is 10.2. The van der Waals surface area contributed by atoms with Crippen LogP contribution >= 0.6 is 0 Å². The van der Waals surface area contributed by atoms with E-state index in [1.165, 1.54) is 32.1 Å². The van der Waals surface area contributed by atoms with E-state index in [4.69, 9.17) is 5.32 Å². The highest BCUT2D eigenvalue weighted by Crippen LogP contribution is 2.21. The molecule has 0 aromatic rings. The van der Waals surface area contributed by atoms with Gasteiger partial charge in [0.1, 0.15) is 0 Å². The molecule has 2 nitrogen and oxygen atoms in total. The Kier molecular flexibility index (Phi) is 4.62. The van der Waals surface area contributed by atoms with Crippen LogP contribution in [0.3, 0.4) is 0 Å². The summed E-state index contributed by atoms with van der Waals surface area (Å²) in [5.74, 6) is 0. The lowest BCUT2D eigenvalue weighted by Crippen LogP contribution is -2.38. The van der Waals surface area contributed by atoms with Gasteiger partial charge in [0.15, 0.2) is 0 Å². The third-order valence-corrected chi connectivity index (χ3v) is 2.13. The third kappa shape index (κ3) is 4.07. The molecule has 1 aliphatic carbocycles. The molecule has 1 N–H and O–H groups in total. The second-order valence-corrected chi connectivity index (χ2v) is 3.64. The summed E-state index contributed by atoms with van der Waals surface area (Å²) in [6.07, 6.45) is 6.75. The van der Waals surface area contributed by atoms with Crippen molar-refractivity contribution >= 4 is 0 Å². The summed E-state index contributed by atoms with van der Waals surface area (Å²) in [6.45, 7) is 5.54. The molecular formula is C10H21N2. The Morgan fingerprint density at radius 1 is 1.33 bits per heavy atom. The molecule has 1 saturated carbocycles. The van der Waals surface area contributed by atoms with Gasteiger partial charge in [-0.25, -0.2) is 5.32 Å². The average molecular weight is 169 g/mol. The van der Waals surface area contributed by atoms with Crippen molar-refractivity contribution in [1.82, 2.24) is 10.6 Å². The largest absolute Gasteiger partial charge is 0.301 e. The molecule has 1 atom stereocenters. The molecule has 0 amide bonds. The maximum absolute atomic E-state index is 4.70. The number of nitrogens with zero attached hydrogens (tertiary/aromatic N) is 1. The zero-order valence-electron chi connectivity index (χ0n) is 8.34. The van der Waals surface area contributed by atoms with Gasteiger partial charge in [-0.15, -0.1) is 0 Å². The SMILES string of the molecule is CCCNC(CCC)[N]C1CC1. The quantitative estimate of drug-likeness (QED) is 0.618. The minimum Gasteiger partial charge on any atom is -0.301 e. The van der Waals surface area contributed by atoms with Crippen molar-refractivity contribution in [3.63, 3.8) is 0 Å². The normalized spacial score (nSPS) is 19.5. The number of hydrogen-bond acceptors (Lipinski definition) is 1. The fourth-order valence-electron chi connectivity index (χ4n) is 1.29. The summed E-state index contributed by atoms with van der Waals surface area (Å²) in [5, 5.41) is 8.18. The van der Waals surface area contributed by atoms with Crippen molar-refractivity contribution in [3.8, 4) is 0 Å². The standard InChI is InChI=1S/C10H21N2/c1-3-5-10(11-8-4-2)12-9-6-7-9/h9-11H,3-8H2,1-2H3. The van der Waals surface area contributed by atoms with Gasteiger partial charge in [0, 0.05) is 6.04 Å². The molecule has 71 valence electrons. The third-order valence-electron chi connectivity index (χ3n) is 2.13. The highest BCUT2D eigenvalue weighted by Gasteiger charge is 2.25. The molecule has 1 fully saturated rings. The summed E-state index contributed by atoms with van der Waals surface area (Å²) in [6, 6.07) is 0.700. The Bertz CT molecular complexity index is 110. The molecule has 0 saturated heterocycles. The molecule has 2 heteroatoms. The van der Waals surface area contributed by atoms with Crippen LogP contribution in [0.15, 0.2) is 0 Å². The van der Waals surface area contributed by atoms with Crippen molar-refractivity contribution < 1.29 is 0 Å². The monoisotopic (exact) mass is 169 g/mol. The highest BCUT2D eigenvalue weighted by atomic mass is 15.1. The lowest BCUT2D eigenvalue weighted by Gasteiger charge is -2.16. The maximum Gasteiger partial charge on any atom is 0.0739 e. The zero-order valence-corrected chi connectivity index (χ0v) is 8.34. The van der Waals surface area contributed by atoms with Gasteiger partial charge in [-0.05, 0) is 32.2 Å². The smallest absolute Gasteiger partial charge is 0.0739 e. The van der Waals surface area contributed by atoms with E-state index in [1.807, 2.05) is 0 Å². The summed E-state index contributed by atoms with van der Waals surface area (Å²) in [7, 11) is 0. The first kappa shape index (κ1) is 10.0. The van der Waals surface area contributed by atoms with Gasteiger partial charge in [-0.2, -0.15) is 0 Å². The predicted molar refractivity (Wildman–Crippen MR) is 52.1 cm³/mol. The molecule has 1 rings (SSSR count). The van der Waals surface area contributed by atoms with Gasteiger partial charge in [-0.1, -0.05) is 20.3 Å². The van der Waals surface area contributed by atoms with Gasteiger partial charge in [0.25, 0.3) is 0 Å². The second kappa shape index (κ2) is 5.55. The Balaban J connectivity index is 2.07. The van der Waals surface area contributed by atoms with Crippen molar-refractivity contribution in [3.05, 3.63) is 0 Å². The van der Waals surface area contributed by atoms with E-state index in [2.05, 4.69) is 19.2 Å². The number of rotatable bonds is 7. The summed E-state index contributed by atoms with van der Waals surface area (Å²) >= 11 is 0. The molecule has 1 unspecified atom stereocenters. The van der Waals surface area contributed by atoms with Gasteiger partial charge in [0.05, 0.1) is 6.17 Å². The molecule has 1 radical (unpaired) electrons. The fraction of sp³-hybridized carbons (Fsp3) is 1.00. The van der Waals surface area contributed by atoms with Crippen LogP contribution in [0.2, 0.25) is 0 Å². The maximum atomic E-state index is 4.70. The van der Waals surface area contributed by atoms with Gasteiger partial charge >= 0.3 is 0 Å². The van der Waals surface area contributed by atoms with Crippen LogP contribution in [-0.2, 0) is 0 Å². The summed E-state index contributed by atoms with van der Waals surface area (Å²) in [5.41, 5.74) is 0. The Labute approximate surface area is 76.1 Å². The Hall–Kier alpha value is -0.0800. The van der Waals surface area contributed by atoms with Crippen molar-refractivity contribution in [2.75, 3.05) is 6.54 Å². The summed E-state index contributed by atoms with van der Waals surface area (Å²) in [4.78, 5) is 0. The first-order chi connectivity index (χ1) is 5.86. The zero-order chi connectivity index (χ0) is 8.81. The van der Waals surface area contributed by atoms with Crippen LogP contribution in [0.1, 0.15) is 46.0 Å². The molecule has 0 spiro atoms.